The van der Waals surface area contributed by atoms with Crippen LogP contribution in [-0.2, 0) is 22.6 Å². The van der Waals surface area contributed by atoms with Crippen LogP contribution in [0.1, 0.15) is 29.2 Å². The maximum Gasteiger partial charge on any atom is 0.338 e. The van der Waals surface area contributed by atoms with Crippen LogP contribution in [0.5, 0.6) is 0 Å². The zero-order chi connectivity index (χ0) is 23.2. The molecule has 7 heteroatoms. The Balaban J connectivity index is 1.66. The van der Waals surface area contributed by atoms with Crippen LogP contribution in [-0.4, -0.2) is 12.0 Å². The fourth-order valence-electron chi connectivity index (χ4n) is 3.72. The highest BCUT2D eigenvalue weighted by molar-refractivity contribution is 6.31. The number of carbonyl (C=O) groups excluding carboxylic acids is 2. The molecular weight excluding hydrogens is 459 g/mol. The quantitative estimate of drug-likeness (QED) is 0.408. The highest BCUT2D eigenvalue weighted by Gasteiger charge is 2.33. The molecule has 0 fully saturated rings. The van der Waals surface area contributed by atoms with E-state index >= 15 is 0 Å². The highest BCUT2D eigenvalue weighted by atomic mass is 35.5. The minimum atomic E-state index is -0.666. The van der Waals surface area contributed by atoms with Gasteiger partial charge in [-0.2, -0.15) is 0 Å². The minimum absolute atomic E-state index is 0.127. The lowest BCUT2D eigenvalue weighted by atomic mass is 9.93. The lowest BCUT2D eigenvalue weighted by Crippen LogP contribution is -2.46. The summed E-state index contributed by atoms with van der Waals surface area (Å²) in [7, 11) is 0. The van der Waals surface area contributed by atoms with Crippen LogP contribution in [0.2, 0.25) is 10.0 Å². The molecular formula is C26H22Cl2N2O3. The maximum absolute atomic E-state index is 13.3. The fraction of sp³-hybridized carbons (Fsp3) is 0.154. The molecule has 2 amide bonds. The number of benzene rings is 3. The third-order valence-electron chi connectivity index (χ3n) is 5.39. The van der Waals surface area contributed by atoms with E-state index < -0.39 is 12.0 Å². The van der Waals surface area contributed by atoms with Gasteiger partial charge in [-0.3, -0.25) is 0 Å². The van der Waals surface area contributed by atoms with Crippen LogP contribution < -0.4 is 10.6 Å². The van der Waals surface area contributed by atoms with Crippen LogP contribution in [0.3, 0.4) is 0 Å². The average molecular weight is 481 g/mol. The summed E-state index contributed by atoms with van der Waals surface area (Å²) in [5.74, 6) is -0.500. The van der Waals surface area contributed by atoms with Crippen LogP contribution in [0, 0.1) is 0 Å². The number of amides is 2. The van der Waals surface area contributed by atoms with Gasteiger partial charge in [-0.15, -0.1) is 0 Å². The molecule has 0 saturated carbocycles. The first-order valence-corrected chi connectivity index (χ1v) is 11.3. The van der Waals surface area contributed by atoms with Gasteiger partial charge in [0.2, 0.25) is 0 Å². The van der Waals surface area contributed by atoms with Gasteiger partial charge in [0.25, 0.3) is 0 Å². The second-order valence-corrected chi connectivity index (χ2v) is 8.47. The van der Waals surface area contributed by atoms with E-state index in [9.17, 15) is 9.59 Å². The van der Waals surface area contributed by atoms with Crippen LogP contribution >= 0.6 is 23.2 Å². The lowest BCUT2D eigenvalue weighted by Gasteiger charge is -2.29. The monoisotopic (exact) mass is 480 g/mol. The van der Waals surface area contributed by atoms with Gasteiger partial charge in [0.1, 0.15) is 6.61 Å². The number of ether oxygens (including phenoxy) is 1. The summed E-state index contributed by atoms with van der Waals surface area (Å²) >= 11 is 12.3. The van der Waals surface area contributed by atoms with Crippen LogP contribution in [0.25, 0.3) is 0 Å². The Morgan fingerprint density at radius 2 is 1.58 bits per heavy atom. The third-order valence-corrected chi connectivity index (χ3v) is 6.01. The number of halogens is 2. The van der Waals surface area contributed by atoms with Gasteiger partial charge in [0, 0.05) is 15.7 Å². The van der Waals surface area contributed by atoms with Crippen molar-refractivity contribution < 1.29 is 14.3 Å². The normalized spacial score (nSPS) is 15.6. The van der Waals surface area contributed by atoms with E-state index in [1.54, 1.807) is 24.3 Å². The van der Waals surface area contributed by atoms with Crippen molar-refractivity contribution in [2.45, 2.75) is 25.5 Å². The van der Waals surface area contributed by atoms with Gasteiger partial charge in [-0.1, -0.05) is 83.9 Å². The van der Waals surface area contributed by atoms with Gasteiger partial charge in [-0.25, -0.2) is 9.59 Å². The molecule has 0 bridgehead atoms. The Labute approximate surface area is 202 Å². The standard InChI is InChI=1S/C26H22Cl2N2O3/c27-20-13-10-19(11-14-20)24-23(25(31)33-16-17-6-2-1-3-7-17)22(29-26(32)30-24)15-12-18-8-4-5-9-21(18)28/h1-11,13-14,24H,12,15-16H2,(H2,29,30,32). The molecule has 0 aromatic heterocycles. The predicted molar refractivity (Wildman–Crippen MR) is 129 cm³/mol. The van der Waals surface area contributed by atoms with Crippen molar-refractivity contribution in [2.24, 2.45) is 0 Å². The molecule has 2 N–H and O–H groups in total. The summed E-state index contributed by atoms with van der Waals surface area (Å²) in [6, 6.07) is 22.9. The smallest absolute Gasteiger partial charge is 0.338 e. The summed E-state index contributed by atoms with van der Waals surface area (Å²) in [5.41, 5.74) is 3.41. The third kappa shape index (κ3) is 5.75. The first-order chi connectivity index (χ1) is 16.0. The van der Waals surface area contributed by atoms with Crippen molar-refractivity contribution in [3.05, 3.63) is 117 Å². The van der Waals surface area contributed by atoms with Gasteiger partial charge in [0.15, 0.2) is 0 Å². The number of carbonyl (C=O) groups is 2. The Hall–Kier alpha value is -3.28. The van der Waals surface area contributed by atoms with E-state index in [0.717, 1.165) is 16.7 Å². The number of aryl methyl sites for hydroxylation is 1. The Morgan fingerprint density at radius 3 is 2.30 bits per heavy atom. The minimum Gasteiger partial charge on any atom is -0.457 e. The number of hydrogen-bond donors (Lipinski definition) is 2. The van der Waals surface area contributed by atoms with Crippen LogP contribution in [0.15, 0.2) is 90.1 Å². The number of esters is 1. The van der Waals surface area contributed by atoms with Crippen molar-refractivity contribution in [3.63, 3.8) is 0 Å². The summed E-state index contributed by atoms with van der Waals surface area (Å²) in [5, 5.41) is 6.85. The van der Waals surface area contributed by atoms with E-state index in [2.05, 4.69) is 10.6 Å². The van der Waals surface area contributed by atoms with Crippen LogP contribution in [0.4, 0.5) is 4.79 Å². The Kier molecular flexibility index (Phi) is 7.33. The molecule has 0 radical (unpaired) electrons. The van der Waals surface area contributed by atoms with Gasteiger partial charge in [-0.05, 0) is 47.7 Å². The van der Waals surface area contributed by atoms with E-state index in [4.69, 9.17) is 27.9 Å². The zero-order valence-electron chi connectivity index (χ0n) is 17.7. The Bertz CT molecular complexity index is 1180. The summed E-state index contributed by atoms with van der Waals surface area (Å²) in [6.07, 6.45) is 0.967. The maximum atomic E-state index is 13.3. The van der Waals surface area contributed by atoms with Gasteiger partial charge < -0.3 is 15.4 Å². The number of urea groups is 1. The molecule has 168 valence electrons. The molecule has 3 aromatic carbocycles. The van der Waals surface area contributed by atoms with Crippen molar-refractivity contribution in [3.8, 4) is 0 Å². The summed E-state index contributed by atoms with van der Waals surface area (Å²) in [6.45, 7) is 0.127. The summed E-state index contributed by atoms with van der Waals surface area (Å²) < 4.78 is 5.64. The molecule has 0 spiro atoms. The highest BCUT2D eigenvalue weighted by Crippen LogP contribution is 2.31. The molecule has 1 atom stereocenters. The molecule has 5 nitrogen and oxygen atoms in total. The fourth-order valence-corrected chi connectivity index (χ4v) is 4.08. The average Bonchev–Trinajstić information content (AvgIpc) is 2.83. The van der Waals surface area contributed by atoms with E-state index in [1.165, 1.54) is 0 Å². The molecule has 1 unspecified atom stereocenters. The first kappa shape index (κ1) is 22.9. The molecule has 3 aromatic rings. The summed E-state index contributed by atoms with van der Waals surface area (Å²) in [4.78, 5) is 25.8. The van der Waals surface area contributed by atoms with Gasteiger partial charge >= 0.3 is 12.0 Å². The first-order valence-electron chi connectivity index (χ1n) is 10.5. The zero-order valence-corrected chi connectivity index (χ0v) is 19.2. The largest absolute Gasteiger partial charge is 0.457 e. The van der Waals surface area contributed by atoms with Gasteiger partial charge in [0.05, 0.1) is 11.6 Å². The lowest BCUT2D eigenvalue weighted by molar-refractivity contribution is -0.140. The molecule has 4 rings (SSSR count). The topological polar surface area (TPSA) is 67.4 Å². The van der Waals surface area contributed by atoms with E-state index in [0.29, 0.717) is 34.2 Å². The van der Waals surface area contributed by atoms with Crippen molar-refractivity contribution in [1.82, 2.24) is 10.6 Å². The molecule has 1 heterocycles. The second-order valence-electron chi connectivity index (χ2n) is 7.63. The predicted octanol–water partition coefficient (Wildman–Crippen LogP) is 5.98. The molecule has 1 aliphatic heterocycles. The van der Waals surface area contributed by atoms with Crippen molar-refractivity contribution in [1.29, 1.82) is 0 Å². The number of rotatable bonds is 7. The molecule has 33 heavy (non-hydrogen) atoms. The molecule has 0 saturated heterocycles. The number of allylic oxidation sites excluding steroid dienone is 1. The van der Waals surface area contributed by atoms with E-state index in [1.807, 2.05) is 54.6 Å². The molecule has 0 aliphatic carbocycles. The van der Waals surface area contributed by atoms with Crippen molar-refractivity contribution in [2.75, 3.05) is 0 Å². The Morgan fingerprint density at radius 1 is 0.879 bits per heavy atom. The van der Waals surface area contributed by atoms with Crippen molar-refractivity contribution >= 4 is 35.2 Å². The second kappa shape index (κ2) is 10.6. The van der Waals surface area contributed by atoms with E-state index in [-0.39, 0.29) is 12.6 Å². The SMILES string of the molecule is O=C1NC(CCc2ccccc2Cl)=C(C(=O)OCc2ccccc2)C(c2ccc(Cl)cc2)N1. The number of nitrogens with one attached hydrogen (secondary N) is 2. The molecule has 1 aliphatic rings. The number of hydrogen-bond acceptors (Lipinski definition) is 3.